The predicted molar refractivity (Wildman–Crippen MR) is 100 cm³/mol. The van der Waals surface area contributed by atoms with Gasteiger partial charge < -0.3 is 9.15 Å². The molecule has 0 spiro atoms. The molecule has 2 aromatic heterocycles. The normalized spacial score (nSPS) is 11.4. The molecule has 3 rings (SSSR count). The van der Waals surface area contributed by atoms with Gasteiger partial charge in [0.25, 0.3) is 0 Å². The van der Waals surface area contributed by atoms with Gasteiger partial charge in [-0.1, -0.05) is 0 Å². The summed E-state index contributed by atoms with van der Waals surface area (Å²) in [7, 11) is -3.21. The number of ether oxygens (including phenoxy) is 1. The Morgan fingerprint density at radius 2 is 2.00 bits per heavy atom. The fraction of sp³-hybridized carbons (Fsp3) is 0.235. The molecule has 0 saturated carbocycles. The van der Waals surface area contributed by atoms with Crippen molar-refractivity contribution in [2.24, 2.45) is 0 Å². The minimum absolute atomic E-state index is 0.0819. The quantitative estimate of drug-likeness (QED) is 0.541. The van der Waals surface area contributed by atoms with Crippen molar-refractivity contribution in [1.82, 2.24) is 14.9 Å². The lowest BCUT2D eigenvalue weighted by atomic mass is 10.2. The lowest BCUT2D eigenvalue weighted by Gasteiger charge is -2.05. The van der Waals surface area contributed by atoms with Crippen molar-refractivity contribution in [3.8, 4) is 17.2 Å². The summed E-state index contributed by atoms with van der Waals surface area (Å²) in [5.74, 6) is 0.832. The Bertz CT molecular complexity index is 996. The smallest absolute Gasteiger partial charge is 0.247 e. The van der Waals surface area contributed by atoms with Gasteiger partial charge in [0.15, 0.2) is 6.61 Å². The van der Waals surface area contributed by atoms with Gasteiger partial charge in [-0.05, 0) is 42.8 Å². The largest absolute Gasteiger partial charge is 0.485 e. The van der Waals surface area contributed by atoms with E-state index in [2.05, 4.69) is 14.9 Å². The maximum atomic E-state index is 12.3. The highest BCUT2D eigenvalue weighted by Gasteiger charge is 2.11. The molecule has 0 aliphatic rings. The van der Waals surface area contributed by atoms with E-state index in [1.807, 2.05) is 6.07 Å². The first-order valence-corrected chi connectivity index (χ1v) is 10.7. The average Bonchev–Trinajstić information content (AvgIpc) is 3.31. The molecule has 10 heteroatoms. The number of rotatable bonds is 9. The molecule has 0 amide bonds. The van der Waals surface area contributed by atoms with Gasteiger partial charge in [0.05, 0.1) is 11.1 Å². The van der Waals surface area contributed by atoms with Crippen LogP contribution in [0, 0.1) is 0 Å². The Hall–Kier alpha value is -2.56. The fourth-order valence-corrected chi connectivity index (χ4v) is 3.64. The first-order valence-electron chi connectivity index (χ1n) is 7.97. The maximum absolute atomic E-state index is 12.3. The molecule has 1 N–H and O–H groups in total. The SMILES string of the molecule is CS(=O)(=O)NCCc1ccc(C(=O)COc2ccc(-c3nnco3)cc2)s1. The Morgan fingerprint density at radius 3 is 2.67 bits per heavy atom. The molecule has 0 fully saturated rings. The Kier molecular flexibility index (Phi) is 5.99. The van der Waals surface area contributed by atoms with E-state index in [9.17, 15) is 13.2 Å². The summed E-state index contributed by atoms with van der Waals surface area (Å²) in [5.41, 5.74) is 0.761. The molecule has 2 heterocycles. The summed E-state index contributed by atoms with van der Waals surface area (Å²) in [6, 6.07) is 10.5. The number of sulfonamides is 1. The molecule has 0 unspecified atom stereocenters. The van der Waals surface area contributed by atoms with Crippen LogP contribution in [0.5, 0.6) is 5.75 Å². The number of thiophene rings is 1. The average molecular weight is 407 g/mol. The molecular weight excluding hydrogens is 390 g/mol. The minimum atomic E-state index is -3.21. The standard InChI is InChI=1S/C17H17N3O5S2/c1-27(22,23)19-9-8-14-6-7-16(26-14)15(21)10-24-13-4-2-12(3-5-13)17-20-18-11-25-17/h2-7,11,19H,8-10H2,1H3. The van der Waals surface area contributed by atoms with Crippen LogP contribution in [0.25, 0.3) is 11.5 Å². The van der Waals surface area contributed by atoms with E-state index in [0.29, 0.717) is 29.5 Å². The van der Waals surface area contributed by atoms with E-state index in [1.165, 1.54) is 17.7 Å². The summed E-state index contributed by atoms with van der Waals surface area (Å²) in [5, 5.41) is 7.44. The second-order valence-corrected chi connectivity index (χ2v) is 8.66. The molecular formula is C17H17N3O5S2. The molecule has 0 radical (unpaired) electrons. The third-order valence-electron chi connectivity index (χ3n) is 3.50. The number of benzene rings is 1. The number of aromatic nitrogens is 2. The molecule has 0 aliphatic carbocycles. The Labute approximate surface area is 160 Å². The van der Waals surface area contributed by atoms with Crippen LogP contribution in [-0.2, 0) is 16.4 Å². The van der Waals surface area contributed by atoms with E-state index in [0.717, 1.165) is 16.7 Å². The molecule has 0 saturated heterocycles. The third kappa shape index (κ3) is 5.71. The van der Waals surface area contributed by atoms with Crippen molar-refractivity contribution in [1.29, 1.82) is 0 Å². The van der Waals surface area contributed by atoms with Crippen LogP contribution in [0.2, 0.25) is 0 Å². The van der Waals surface area contributed by atoms with E-state index in [4.69, 9.17) is 9.15 Å². The van der Waals surface area contributed by atoms with Crippen molar-refractivity contribution in [2.45, 2.75) is 6.42 Å². The van der Waals surface area contributed by atoms with E-state index in [1.54, 1.807) is 30.3 Å². The number of carbonyl (C=O) groups excluding carboxylic acids is 1. The second-order valence-electron chi connectivity index (χ2n) is 5.66. The summed E-state index contributed by atoms with van der Waals surface area (Å²) >= 11 is 1.34. The van der Waals surface area contributed by atoms with Crippen LogP contribution in [0.15, 0.2) is 47.2 Å². The van der Waals surface area contributed by atoms with E-state index < -0.39 is 10.0 Å². The molecule has 8 nitrogen and oxygen atoms in total. The first-order chi connectivity index (χ1) is 12.9. The van der Waals surface area contributed by atoms with E-state index in [-0.39, 0.29) is 12.4 Å². The number of nitrogens with one attached hydrogen (secondary N) is 1. The van der Waals surface area contributed by atoms with Gasteiger partial charge in [-0.25, -0.2) is 13.1 Å². The number of nitrogens with zero attached hydrogens (tertiary/aromatic N) is 2. The van der Waals surface area contributed by atoms with Gasteiger partial charge in [-0.2, -0.15) is 0 Å². The summed E-state index contributed by atoms with van der Waals surface area (Å²) in [4.78, 5) is 13.8. The van der Waals surface area contributed by atoms with Gasteiger partial charge in [-0.15, -0.1) is 21.5 Å². The van der Waals surface area contributed by atoms with Crippen LogP contribution in [0.1, 0.15) is 14.5 Å². The van der Waals surface area contributed by atoms with Gasteiger partial charge in [0.2, 0.25) is 28.1 Å². The Morgan fingerprint density at radius 1 is 1.22 bits per heavy atom. The van der Waals surface area contributed by atoms with Crippen molar-refractivity contribution >= 4 is 27.1 Å². The van der Waals surface area contributed by atoms with Crippen LogP contribution in [-0.4, -0.2) is 43.8 Å². The molecule has 27 heavy (non-hydrogen) atoms. The zero-order chi connectivity index (χ0) is 19.3. The van der Waals surface area contributed by atoms with Crippen molar-refractivity contribution < 1.29 is 22.4 Å². The zero-order valence-electron chi connectivity index (χ0n) is 14.4. The Balaban J connectivity index is 1.50. The molecule has 0 atom stereocenters. The van der Waals surface area contributed by atoms with Crippen molar-refractivity contribution in [2.75, 3.05) is 19.4 Å². The summed E-state index contributed by atoms with van der Waals surface area (Å²) < 4.78 is 35.2. The highest BCUT2D eigenvalue weighted by molar-refractivity contribution is 7.88. The number of hydrogen-bond acceptors (Lipinski definition) is 8. The molecule has 142 valence electrons. The van der Waals surface area contributed by atoms with Gasteiger partial charge >= 0.3 is 0 Å². The van der Waals surface area contributed by atoms with Gasteiger partial charge in [-0.3, -0.25) is 4.79 Å². The van der Waals surface area contributed by atoms with Crippen LogP contribution >= 0.6 is 11.3 Å². The number of ketones is 1. The van der Waals surface area contributed by atoms with E-state index >= 15 is 0 Å². The minimum Gasteiger partial charge on any atom is -0.485 e. The third-order valence-corrected chi connectivity index (χ3v) is 5.42. The second kappa shape index (κ2) is 8.42. The molecule has 0 bridgehead atoms. The lowest BCUT2D eigenvalue weighted by molar-refractivity contribution is 0.0925. The van der Waals surface area contributed by atoms with Crippen LogP contribution < -0.4 is 9.46 Å². The highest BCUT2D eigenvalue weighted by atomic mass is 32.2. The molecule has 0 aliphatic heterocycles. The van der Waals surface area contributed by atoms with Crippen LogP contribution in [0.3, 0.4) is 0 Å². The van der Waals surface area contributed by atoms with Gasteiger partial charge in [0, 0.05) is 17.0 Å². The number of carbonyl (C=O) groups is 1. The molecule has 3 aromatic rings. The highest BCUT2D eigenvalue weighted by Crippen LogP contribution is 2.21. The number of hydrogen-bond donors (Lipinski definition) is 1. The summed E-state index contributed by atoms with van der Waals surface area (Å²) in [6.07, 6.45) is 2.90. The van der Waals surface area contributed by atoms with Crippen molar-refractivity contribution in [3.05, 3.63) is 52.5 Å². The first kappa shape index (κ1) is 19.2. The predicted octanol–water partition coefficient (Wildman–Crippen LogP) is 2.15. The maximum Gasteiger partial charge on any atom is 0.247 e. The lowest BCUT2D eigenvalue weighted by Crippen LogP contribution is -2.24. The van der Waals surface area contributed by atoms with Gasteiger partial charge in [0.1, 0.15) is 5.75 Å². The molecule has 1 aromatic carbocycles. The van der Waals surface area contributed by atoms with Crippen molar-refractivity contribution in [3.63, 3.8) is 0 Å². The number of Topliss-reactive ketones (excluding diaryl/α,β-unsaturated/α-hetero) is 1. The fourth-order valence-electron chi connectivity index (χ4n) is 2.23. The zero-order valence-corrected chi connectivity index (χ0v) is 16.0. The summed E-state index contributed by atoms with van der Waals surface area (Å²) in [6.45, 7) is 0.220. The van der Waals surface area contributed by atoms with Crippen LogP contribution in [0.4, 0.5) is 0 Å². The monoisotopic (exact) mass is 407 g/mol. The topological polar surface area (TPSA) is 111 Å².